The predicted octanol–water partition coefficient (Wildman–Crippen LogP) is 3.63. The van der Waals surface area contributed by atoms with Crippen LogP contribution >= 0.6 is 0 Å². The van der Waals surface area contributed by atoms with Crippen molar-refractivity contribution >= 4 is 13.2 Å². The minimum absolute atomic E-state index is 0.383. The van der Waals surface area contributed by atoms with E-state index in [0.717, 1.165) is 18.2 Å². The largest absolute Gasteiger partial charge is 0.337 e. The van der Waals surface area contributed by atoms with Gasteiger partial charge in [0.25, 0.3) is 0 Å². The second kappa shape index (κ2) is 5.07. The number of carbonyl (C=O) groups excluding carboxylic acids is 1. The van der Waals surface area contributed by atoms with Crippen LogP contribution < -0.4 is 0 Å². The number of carbonyl (C=O) groups is 1. The molecule has 3 saturated heterocycles. The van der Waals surface area contributed by atoms with Crippen LogP contribution in [0.5, 0.6) is 0 Å². The number of hydrogen-bond acceptors (Lipinski definition) is 1. The van der Waals surface area contributed by atoms with Crippen LogP contribution in [0.1, 0.15) is 66.2 Å². The van der Waals surface area contributed by atoms with Crippen LogP contribution in [0, 0.1) is 11.8 Å². The smallest absolute Gasteiger partial charge is 0.223 e. The van der Waals surface area contributed by atoms with Gasteiger partial charge in [-0.3, -0.25) is 4.79 Å². The van der Waals surface area contributed by atoms with Crippen LogP contribution in [0.15, 0.2) is 0 Å². The molecule has 4 unspecified atom stereocenters. The van der Waals surface area contributed by atoms with Crippen molar-refractivity contribution in [1.29, 1.82) is 0 Å². The minimum Gasteiger partial charge on any atom is -0.337 e. The van der Waals surface area contributed by atoms with Crippen LogP contribution in [0.2, 0.25) is 11.1 Å². The molecule has 4 rings (SSSR count). The molecule has 4 fully saturated rings. The Labute approximate surface area is 124 Å². The molecule has 3 heteroatoms. The lowest BCUT2D eigenvalue weighted by Crippen LogP contribution is -2.46. The van der Waals surface area contributed by atoms with E-state index < -0.39 is 0 Å². The number of amides is 1. The van der Waals surface area contributed by atoms with E-state index in [-0.39, 0.29) is 0 Å². The van der Waals surface area contributed by atoms with Crippen LogP contribution in [-0.2, 0) is 4.79 Å². The summed E-state index contributed by atoms with van der Waals surface area (Å²) >= 11 is 0. The first kappa shape index (κ1) is 14.5. The molecule has 3 aliphatic heterocycles. The predicted molar refractivity (Wildman–Crippen MR) is 85.4 cm³/mol. The molecule has 1 aliphatic carbocycles. The third-order valence-electron chi connectivity index (χ3n) is 6.70. The van der Waals surface area contributed by atoms with Gasteiger partial charge in [0.05, 0.1) is 0 Å². The SMILES string of the molecule is CC(C)N1C(=O)CC2C3BC(C(C)C)(CCCCC21)C3. The average molecular weight is 275 g/mol. The zero-order chi connectivity index (χ0) is 14.5. The fourth-order valence-corrected chi connectivity index (χ4v) is 5.42. The number of hydrogen-bond donors (Lipinski definition) is 0. The molecule has 0 radical (unpaired) electrons. The first-order chi connectivity index (χ1) is 9.44. The van der Waals surface area contributed by atoms with Crippen molar-refractivity contribution in [2.24, 2.45) is 11.8 Å². The van der Waals surface area contributed by atoms with E-state index in [1.54, 1.807) is 0 Å². The Kier molecular flexibility index (Phi) is 3.67. The van der Waals surface area contributed by atoms with E-state index in [0.29, 0.717) is 29.2 Å². The molecule has 4 atom stereocenters. The molecule has 1 saturated carbocycles. The first-order valence-corrected chi connectivity index (χ1v) is 8.76. The van der Waals surface area contributed by atoms with E-state index in [1.807, 2.05) is 0 Å². The number of likely N-dealkylation sites (tertiary alicyclic amines) is 1. The molecule has 20 heavy (non-hydrogen) atoms. The van der Waals surface area contributed by atoms with E-state index in [1.165, 1.54) is 39.4 Å². The highest BCUT2D eigenvalue weighted by molar-refractivity contribution is 6.46. The van der Waals surface area contributed by atoms with Crippen molar-refractivity contribution in [1.82, 2.24) is 4.90 Å². The minimum atomic E-state index is 0.383. The maximum Gasteiger partial charge on any atom is 0.223 e. The highest BCUT2D eigenvalue weighted by Crippen LogP contribution is 2.62. The van der Waals surface area contributed by atoms with Gasteiger partial charge in [0.1, 0.15) is 7.28 Å². The maximum atomic E-state index is 12.4. The Morgan fingerprint density at radius 1 is 1.25 bits per heavy atom. The zero-order valence-electron chi connectivity index (χ0n) is 13.7. The highest BCUT2D eigenvalue weighted by Gasteiger charge is 2.55. The van der Waals surface area contributed by atoms with Crippen molar-refractivity contribution in [3.63, 3.8) is 0 Å². The summed E-state index contributed by atoms with van der Waals surface area (Å²) in [6.45, 7) is 9.19. The van der Waals surface area contributed by atoms with Gasteiger partial charge in [-0.1, -0.05) is 50.7 Å². The van der Waals surface area contributed by atoms with Gasteiger partial charge in [0, 0.05) is 18.5 Å². The normalized spacial score (nSPS) is 40.8. The van der Waals surface area contributed by atoms with Gasteiger partial charge in [-0.25, -0.2) is 0 Å². The molecule has 0 aromatic rings. The Morgan fingerprint density at radius 3 is 2.55 bits per heavy atom. The number of nitrogens with zero attached hydrogens (tertiary/aromatic N) is 1. The third-order valence-corrected chi connectivity index (χ3v) is 6.70. The van der Waals surface area contributed by atoms with Crippen molar-refractivity contribution in [3.8, 4) is 0 Å². The van der Waals surface area contributed by atoms with Crippen molar-refractivity contribution in [2.75, 3.05) is 0 Å². The van der Waals surface area contributed by atoms with Crippen molar-refractivity contribution in [3.05, 3.63) is 0 Å². The first-order valence-electron chi connectivity index (χ1n) is 8.76. The zero-order valence-corrected chi connectivity index (χ0v) is 13.7. The van der Waals surface area contributed by atoms with Gasteiger partial charge >= 0.3 is 0 Å². The molecule has 4 aliphatic rings. The van der Waals surface area contributed by atoms with Crippen molar-refractivity contribution < 1.29 is 4.79 Å². The maximum absolute atomic E-state index is 12.4. The van der Waals surface area contributed by atoms with Crippen molar-refractivity contribution in [2.45, 2.75) is 89.4 Å². The summed E-state index contributed by atoms with van der Waals surface area (Å²) in [6.07, 6.45) is 7.59. The van der Waals surface area contributed by atoms with Crippen LogP contribution in [-0.4, -0.2) is 30.2 Å². The standard InChI is InChI=1S/C17H30BNO/c1-11(2)17-8-6-5-7-15-13(14(10-17)18-17)9-16(20)19(15)12(3)4/h11-15,18H,5-10H2,1-4H3. The van der Waals surface area contributed by atoms with Crippen LogP contribution in [0.25, 0.3) is 0 Å². The summed E-state index contributed by atoms with van der Waals surface area (Å²) in [5, 5.41) is 0.619. The molecular formula is C17H30BNO. The monoisotopic (exact) mass is 275 g/mol. The summed E-state index contributed by atoms with van der Waals surface area (Å²) < 4.78 is 0. The lowest BCUT2D eigenvalue weighted by atomic mass is 9.26. The molecule has 112 valence electrons. The molecule has 2 bridgehead atoms. The summed E-state index contributed by atoms with van der Waals surface area (Å²) in [7, 11) is 1.39. The summed E-state index contributed by atoms with van der Waals surface area (Å²) in [5.41, 5.74) is 0. The molecule has 0 N–H and O–H groups in total. The second-order valence-corrected chi connectivity index (χ2v) is 8.26. The third kappa shape index (κ3) is 2.12. The lowest BCUT2D eigenvalue weighted by Gasteiger charge is -2.53. The fraction of sp³-hybridized carbons (Fsp3) is 0.941. The Balaban J connectivity index is 1.81. The van der Waals surface area contributed by atoms with Crippen LogP contribution in [0.3, 0.4) is 0 Å². The summed E-state index contributed by atoms with van der Waals surface area (Å²) in [6, 6.07) is 0.934. The molecule has 3 heterocycles. The number of fused-ring (bicyclic) bond motifs is 3. The van der Waals surface area contributed by atoms with E-state index in [9.17, 15) is 4.79 Å². The van der Waals surface area contributed by atoms with E-state index >= 15 is 0 Å². The Morgan fingerprint density at radius 2 is 1.95 bits per heavy atom. The topological polar surface area (TPSA) is 20.3 Å². The number of rotatable bonds is 2. The summed E-state index contributed by atoms with van der Waals surface area (Å²) in [5.74, 6) is 2.73. The van der Waals surface area contributed by atoms with Crippen LogP contribution in [0.4, 0.5) is 0 Å². The second-order valence-electron chi connectivity index (χ2n) is 8.26. The molecule has 2 nitrogen and oxygen atoms in total. The van der Waals surface area contributed by atoms with Gasteiger partial charge in [-0.15, -0.1) is 0 Å². The molecular weight excluding hydrogens is 245 g/mol. The highest BCUT2D eigenvalue weighted by atomic mass is 16.2. The molecule has 1 amide bonds. The average Bonchev–Trinajstić information content (AvgIpc) is 2.66. The lowest BCUT2D eigenvalue weighted by molar-refractivity contribution is -0.130. The molecule has 0 aromatic heterocycles. The van der Waals surface area contributed by atoms with Gasteiger partial charge in [0.2, 0.25) is 5.91 Å². The van der Waals surface area contributed by atoms with Gasteiger partial charge in [-0.05, 0) is 32.1 Å². The molecule has 0 aromatic carbocycles. The van der Waals surface area contributed by atoms with Gasteiger partial charge < -0.3 is 4.90 Å². The quantitative estimate of drug-likeness (QED) is 0.705. The Hall–Kier alpha value is -0.465. The van der Waals surface area contributed by atoms with E-state index in [4.69, 9.17) is 0 Å². The van der Waals surface area contributed by atoms with E-state index in [2.05, 4.69) is 32.6 Å². The fourth-order valence-electron chi connectivity index (χ4n) is 5.42. The molecule has 0 spiro atoms. The Bertz CT molecular complexity index is 386. The summed E-state index contributed by atoms with van der Waals surface area (Å²) in [4.78, 5) is 14.6. The van der Waals surface area contributed by atoms with Gasteiger partial charge in [-0.2, -0.15) is 0 Å². The van der Waals surface area contributed by atoms with Gasteiger partial charge in [0.15, 0.2) is 0 Å².